The van der Waals surface area contributed by atoms with Gasteiger partial charge in [-0.2, -0.15) is 5.10 Å². The Balaban J connectivity index is 1.92. The lowest BCUT2D eigenvalue weighted by molar-refractivity contribution is -0.384. The molecule has 4 rings (SSSR count). The van der Waals surface area contributed by atoms with Gasteiger partial charge in [-0.1, -0.05) is 50.3 Å². The van der Waals surface area contributed by atoms with Crippen molar-refractivity contribution >= 4 is 28.6 Å². The zero-order valence-corrected chi connectivity index (χ0v) is 15.5. The topological polar surface area (TPSA) is 83.5 Å². The van der Waals surface area contributed by atoms with E-state index in [0.29, 0.717) is 23.7 Å². The van der Waals surface area contributed by atoms with Crippen molar-refractivity contribution in [2.24, 2.45) is 15.2 Å². The van der Waals surface area contributed by atoms with Crippen LogP contribution in [0.4, 0.5) is 11.4 Å². The summed E-state index contributed by atoms with van der Waals surface area (Å²) in [6.07, 6.45) is 1.69. The fourth-order valence-electron chi connectivity index (χ4n) is 3.42. The highest BCUT2D eigenvalue weighted by Crippen LogP contribution is 2.34. The van der Waals surface area contributed by atoms with Crippen LogP contribution in [0, 0.1) is 10.1 Å². The molecule has 0 spiro atoms. The minimum absolute atomic E-state index is 0.0211. The van der Waals surface area contributed by atoms with Crippen LogP contribution in [0.1, 0.15) is 30.9 Å². The molecule has 2 aromatic rings. The molecule has 2 aromatic carbocycles. The van der Waals surface area contributed by atoms with E-state index in [1.54, 1.807) is 12.1 Å². The summed E-state index contributed by atoms with van der Waals surface area (Å²) in [5, 5.41) is 20.1. The van der Waals surface area contributed by atoms with Crippen molar-refractivity contribution in [1.82, 2.24) is 0 Å². The number of amidine groups is 1. The SMILES string of the molecule is C=C1C(CCC)=NN=C2CN=C(c3ccccc3)c3cc([N+](=O)[O-])ccc3N12. The van der Waals surface area contributed by atoms with Gasteiger partial charge in [-0.25, -0.2) is 0 Å². The fourth-order valence-corrected chi connectivity index (χ4v) is 3.42. The monoisotopic (exact) mass is 373 g/mol. The molecule has 2 heterocycles. The summed E-state index contributed by atoms with van der Waals surface area (Å²) in [4.78, 5) is 17.7. The zero-order chi connectivity index (χ0) is 19.7. The Morgan fingerprint density at radius 3 is 2.68 bits per heavy atom. The highest BCUT2D eigenvalue weighted by atomic mass is 16.6. The van der Waals surface area contributed by atoms with Gasteiger partial charge in [0.15, 0.2) is 5.84 Å². The number of nitro groups is 1. The molecule has 0 aromatic heterocycles. The molecule has 2 aliphatic rings. The van der Waals surface area contributed by atoms with Crippen LogP contribution in [-0.4, -0.2) is 28.7 Å². The number of hydrogen-bond acceptors (Lipinski definition) is 6. The van der Waals surface area contributed by atoms with Gasteiger partial charge in [0.2, 0.25) is 0 Å². The number of hydrogen-bond donors (Lipinski definition) is 0. The molecule has 0 N–H and O–H groups in total. The summed E-state index contributed by atoms with van der Waals surface area (Å²) in [5.41, 5.74) is 4.63. The van der Waals surface area contributed by atoms with Gasteiger partial charge in [-0.3, -0.25) is 20.0 Å². The van der Waals surface area contributed by atoms with Crippen molar-refractivity contribution in [3.63, 3.8) is 0 Å². The van der Waals surface area contributed by atoms with E-state index in [9.17, 15) is 10.1 Å². The summed E-state index contributed by atoms with van der Waals surface area (Å²) >= 11 is 0. The molecule has 0 radical (unpaired) electrons. The lowest BCUT2D eigenvalue weighted by Crippen LogP contribution is -2.37. The molecule has 0 atom stereocenters. The summed E-state index contributed by atoms with van der Waals surface area (Å²) < 4.78 is 0. The van der Waals surface area contributed by atoms with Gasteiger partial charge in [0.25, 0.3) is 5.69 Å². The van der Waals surface area contributed by atoms with Gasteiger partial charge < -0.3 is 0 Å². The predicted octanol–water partition coefficient (Wildman–Crippen LogP) is 4.33. The van der Waals surface area contributed by atoms with Gasteiger partial charge in [0.1, 0.15) is 6.54 Å². The molecule has 0 fully saturated rings. The van der Waals surface area contributed by atoms with Crippen LogP contribution in [0.3, 0.4) is 0 Å². The second kappa shape index (κ2) is 7.19. The first-order valence-corrected chi connectivity index (χ1v) is 9.11. The molecule has 7 nitrogen and oxygen atoms in total. The van der Waals surface area contributed by atoms with E-state index in [1.165, 1.54) is 6.07 Å². The number of non-ortho nitro benzene ring substituents is 1. The van der Waals surface area contributed by atoms with Gasteiger partial charge >= 0.3 is 0 Å². The number of nitro benzene ring substituents is 1. The zero-order valence-electron chi connectivity index (χ0n) is 15.5. The molecule has 0 saturated carbocycles. The van der Waals surface area contributed by atoms with Crippen LogP contribution in [0.25, 0.3) is 0 Å². The maximum atomic E-state index is 11.4. The molecule has 0 bridgehead atoms. The first kappa shape index (κ1) is 17.8. The van der Waals surface area contributed by atoms with Gasteiger partial charge in [0, 0.05) is 23.3 Å². The third-order valence-electron chi connectivity index (χ3n) is 4.75. The summed E-state index contributed by atoms with van der Waals surface area (Å²) in [7, 11) is 0. The van der Waals surface area contributed by atoms with Crippen molar-refractivity contribution in [1.29, 1.82) is 0 Å². The van der Waals surface area contributed by atoms with Crippen LogP contribution in [0.15, 0.2) is 76.0 Å². The van der Waals surface area contributed by atoms with Crippen molar-refractivity contribution in [3.8, 4) is 0 Å². The number of nitrogens with zero attached hydrogens (tertiary/aromatic N) is 5. The van der Waals surface area contributed by atoms with Gasteiger partial charge in [-0.15, -0.1) is 5.10 Å². The van der Waals surface area contributed by atoms with Crippen molar-refractivity contribution in [3.05, 3.63) is 82.0 Å². The first-order valence-electron chi connectivity index (χ1n) is 9.11. The van der Waals surface area contributed by atoms with Crippen LogP contribution >= 0.6 is 0 Å². The maximum Gasteiger partial charge on any atom is 0.270 e. The van der Waals surface area contributed by atoms with Crippen LogP contribution in [0.2, 0.25) is 0 Å². The molecule has 0 aliphatic carbocycles. The molecule has 2 aliphatic heterocycles. The lowest BCUT2D eigenvalue weighted by atomic mass is 9.99. The van der Waals surface area contributed by atoms with Crippen LogP contribution < -0.4 is 4.90 Å². The third kappa shape index (κ3) is 3.00. The van der Waals surface area contributed by atoms with E-state index >= 15 is 0 Å². The number of allylic oxidation sites excluding steroid dienone is 1. The van der Waals surface area contributed by atoms with Gasteiger partial charge in [-0.05, 0) is 12.5 Å². The Morgan fingerprint density at radius 1 is 1.18 bits per heavy atom. The van der Waals surface area contributed by atoms with Crippen molar-refractivity contribution in [2.75, 3.05) is 11.4 Å². The molecule has 0 unspecified atom stereocenters. The normalized spacial score (nSPS) is 15.7. The fraction of sp³-hybridized carbons (Fsp3) is 0.190. The quantitative estimate of drug-likeness (QED) is 0.590. The largest absolute Gasteiger partial charge is 0.293 e. The molecule has 0 saturated heterocycles. The summed E-state index contributed by atoms with van der Waals surface area (Å²) in [5.74, 6) is 0.658. The van der Waals surface area contributed by atoms with E-state index in [0.717, 1.165) is 35.5 Å². The first-order chi connectivity index (χ1) is 13.6. The van der Waals surface area contributed by atoms with Crippen LogP contribution in [-0.2, 0) is 0 Å². The van der Waals surface area contributed by atoms with E-state index in [4.69, 9.17) is 4.99 Å². The van der Waals surface area contributed by atoms with Crippen LogP contribution in [0.5, 0.6) is 0 Å². The minimum atomic E-state index is -0.391. The Morgan fingerprint density at radius 2 is 1.96 bits per heavy atom. The average molecular weight is 373 g/mol. The highest BCUT2D eigenvalue weighted by molar-refractivity contribution is 6.24. The van der Waals surface area contributed by atoms with E-state index in [-0.39, 0.29) is 5.69 Å². The Labute approximate surface area is 162 Å². The van der Waals surface area contributed by atoms with E-state index < -0.39 is 4.92 Å². The minimum Gasteiger partial charge on any atom is -0.293 e. The van der Waals surface area contributed by atoms with E-state index in [2.05, 4.69) is 23.7 Å². The number of benzene rings is 2. The average Bonchev–Trinajstić information content (AvgIpc) is 2.87. The third-order valence-corrected chi connectivity index (χ3v) is 4.75. The Kier molecular flexibility index (Phi) is 4.57. The number of anilines is 1. The molecule has 7 heteroatoms. The smallest absolute Gasteiger partial charge is 0.270 e. The van der Waals surface area contributed by atoms with Crippen molar-refractivity contribution < 1.29 is 4.92 Å². The standard InChI is InChI=1S/C21H19N5O2/c1-3-7-18-14(2)25-19-11-10-16(26(27)28)12-17(19)21(15-8-5-4-6-9-15)22-13-20(25)24-23-18/h4-6,8-12H,2-3,7,13H2,1H3. The predicted molar refractivity (Wildman–Crippen MR) is 111 cm³/mol. The summed E-state index contributed by atoms with van der Waals surface area (Å²) in [6, 6.07) is 14.5. The summed E-state index contributed by atoms with van der Waals surface area (Å²) in [6.45, 7) is 6.61. The highest BCUT2D eigenvalue weighted by Gasteiger charge is 2.31. The molecular weight excluding hydrogens is 354 g/mol. The number of rotatable bonds is 4. The molecule has 0 amide bonds. The Hall–Kier alpha value is -3.61. The maximum absolute atomic E-state index is 11.4. The second-order valence-corrected chi connectivity index (χ2v) is 6.58. The molecular formula is C21H19N5O2. The number of fused-ring (bicyclic) bond motifs is 3. The molecule has 28 heavy (non-hydrogen) atoms. The van der Waals surface area contributed by atoms with Crippen molar-refractivity contribution in [2.45, 2.75) is 19.8 Å². The number of aliphatic imine (C=N–C) groups is 1. The lowest BCUT2D eigenvalue weighted by Gasteiger charge is -2.30. The second-order valence-electron chi connectivity index (χ2n) is 6.58. The van der Waals surface area contributed by atoms with E-state index in [1.807, 2.05) is 35.2 Å². The molecule has 140 valence electrons. The van der Waals surface area contributed by atoms with Gasteiger partial charge in [0.05, 0.1) is 27.7 Å². The Bertz CT molecular complexity index is 1050.